The first-order valence-corrected chi connectivity index (χ1v) is 14.6. The molecule has 0 spiro atoms. The monoisotopic (exact) mass is 519 g/mol. The maximum absolute atomic E-state index is 11.9. The number of nitrogens with zero attached hydrogens (tertiary/aromatic N) is 3. The first-order valence-electron chi connectivity index (χ1n) is 14.2. The fraction of sp³-hybridized carbons (Fsp3) is 0.516. The van der Waals surface area contributed by atoms with Crippen molar-refractivity contribution >= 4 is 34.2 Å². The molecule has 1 aromatic heterocycles. The predicted molar refractivity (Wildman–Crippen MR) is 152 cm³/mol. The van der Waals surface area contributed by atoms with Crippen molar-refractivity contribution in [1.29, 1.82) is 0 Å². The zero-order valence-corrected chi connectivity index (χ0v) is 22.6. The lowest BCUT2D eigenvalue weighted by molar-refractivity contribution is 0.0697. The van der Waals surface area contributed by atoms with Gasteiger partial charge in [0.1, 0.15) is 0 Å². The van der Waals surface area contributed by atoms with Gasteiger partial charge in [-0.15, -0.1) is 0 Å². The molecular formula is C31H38ClN3O2. The molecule has 6 heteroatoms. The summed E-state index contributed by atoms with van der Waals surface area (Å²) >= 11 is 6.61. The summed E-state index contributed by atoms with van der Waals surface area (Å²) in [7, 11) is 0. The van der Waals surface area contributed by atoms with Crippen LogP contribution in [0.5, 0.6) is 0 Å². The van der Waals surface area contributed by atoms with E-state index in [0.717, 1.165) is 36.7 Å². The van der Waals surface area contributed by atoms with Crippen LogP contribution in [0.3, 0.4) is 0 Å². The van der Waals surface area contributed by atoms with Gasteiger partial charge >= 0.3 is 5.97 Å². The summed E-state index contributed by atoms with van der Waals surface area (Å²) in [6.45, 7) is 7.30. The minimum absolute atomic E-state index is 0.361. The molecule has 3 aromatic rings. The Hall–Kier alpha value is -2.50. The molecule has 1 atom stereocenters. The van der Waals surface area contributed by atoms with Crippen LogP contribution in [0.4, 0.5) is 5.69 Å². The van der Waals surface area contributed by atoms with Crippen LogP contribution in [0, 0.1) is 0 Å². The molecule has 2 fully saturated rings. The normalized spacial score (nSPS) is 21.0. The van der Waals surface area contributed by atoms with Crippen molar-refractivity contribution in [3.63, 3.8) is 0 Å². The Morgan fingerprint density at radius 1 is 0.946 bits per heavy atom. The Bertz CT molecular complexity index is 1310. The van der Waals surface area contributed by atoms with Crippen LogP contribution >= 0.6 is 11.6 Å². The van der Waals surface area contributed by atoms with Gasteiger partial charge in [-0.2, -0.15) is 0 Å². The Morgan fingerprint density at radius 3 is 2.54 bits per heavy atom. The van der Waals surface area contributed by atoms with Crippen LogP contribution in [-0.2, 0) is 6.54 Å². The third-order valence-corrected chi connectivity index (χ3v) is 9.35. The molecule has 37 heavy (non-hydrogen) atoms. The van der Waals surface area contributed by atoms with Crippen molar-refractivity contribution in [2.24, 2.45) is 0 Å². The number of carboxylic acid groups (broad SMARTS) is 1. The third-order valence-electron chi connectivity index (χ3n) is 9.11. The lowest BCUT2D eigenvalue weighted by atomic mass is 9.81. The topological polar surface area (TPSA) is 48.7 Å². The summed E-state index contributed by atoms with van der Waals surface area (Å²) in [4.78, 5) is 17.1. The zero-order chi connectivity index (χ0) is 25.5. The molecule has 2 aromatic carbocycles. The Labute approximate surface area is 225 Å². The average Bonchev–Trinajstić information content (AvgIpc) is 3.14. The van der Waals surface area contributed by atoms with Gasteiger partial charge in [0.25, 0.3) is 0 Å². The van der Waals surface area contributed by atoms with Gasteiger partial charge in [-0.05, 0) is 81.0 Å². The first kappa shape index (κ1) is 24.8. The summed E-state index contributed by atoms with van der Waals surface area (Å²) < 4.78 is 2.42. The molecule has 1 aliphatic carbocycles. The van der Waals surface area contributed by atoms with Gasteiger partial charge in [0.15, 0.2) is 0 Å². The molecule has 1 unspecified atom stereocenters. The zero-order valence-electron chi connectivity index (χ0n) is 21.9. The molecule has 1 N–H and O–H groups in total. The van der Waals surface area contributed by atoms with E-state index in [2.05, 4.69) is 39.5 Å². The Balaban J connectivity index is 1.47. The number of halogens is 1. The maximum atomic E-state index is 11.9. The molecule has 1 saturated heterocycles. The number of carbonyl (C=O) groups is 1. The molecule has 2 aliphatic heterocycles. The van der Waals surface area contributed by atoms with Gasteiger partial charge in [0.05, 0.1) is 11.3 Å². The van der Waals surface area contributed by atoms with Crippen LogP contribution in [0.1, 0.15) is 80.1 Å². The van der Waals surface area contributed by atoms with Crippen molar-refractivity contribution in [3.8, 4) is 11.3 Å². The van der Waals surface area contributed by atoms with Crippen molar-refractivity contribution in [2.45, 2.75) is 76.8 Å². The number of anilines is 1. The molecule has 6 rings (SSSR count). The molecule has 3 aliphatic rings. The van der Waals surface area contributed by atoms with Gasteiger partial charge < -0.3 is 14.6 Å². The van der Waals surface area contributed by atoms with E-state index in [1.54, 1.807) is 6.07 Å². The Kier molecular flexibility index (Phi) is 6.93. The van der Waals surface area contributed by atoms with Crippen molar-refractivity contribution < 1.29 is 9.90 Å². The minimum atomic E-state index is -0.866. The highest BCUT2D eigenvalue weighted by Gasteiger charge is 2.31. The average molecular weight is 520 g/mol. The molecule has 0 radical (unpaired) electrons. The van der Waals surface area contributed by atoms with E-state index in [0.29, 0.717) is 17.5 Å². The summed E-state index contributed by atoms with van der Waals surface area (Å²) in [5, 5.41) is 11.8. The van der Waals surface area contributed by atoms with E-state index in [9.17, 15) is 9.90 Å². The number of hydrogen-bond acceptors (Lipinski definition) is 3. The van der Waals surface area contributed by atoms with E-state index in [1.165, 1.54) is 85.8 Å². The fourth-order valence-electron chi connectivity index (χ4n) is 7.12. The highest BCUT2D eigenvalue weighted by atomic mass is 35.5. The van der Waals surface area contributed by atoms with Crippen LogP contribution in [0.25, 0.3) is 22.2 Å². The van der Waals surface area contributed by atoms with Gasteiger partial charge in [0, 0.05) is 59.4 Å². The summed E-state index contributed by atoms with van der Waals surface area (Å²) in [5.41, 5.74) is 6.57. The predicted octanol–water partition coefficient (Wildman–Crippen LogP) is 7.40. The van der Waals surface area contributed by atoms with E-state index in [4.69, 9.17) is 11.6 Å². The molecular weight excluding hydrogens is 482 g/mol. The summed E-state index contributed by atoms with van der Waals surface area (Å²) in [6, 6.07) is 12.8. The number of fused-ring (bicyclic) bond motifs is 5. The smallest absolute Gasteiger partial charge is 0.335 e. The highest BCUT2D eigenvalue weighted by molar-refractivity contribution is 6.31. The summed E-state index contributed by atoms with van der Waals surface area (Å²) in [5.74, 6) is -0.359. The maximum Gasteiger partial charge on any atom is 0.335 e. The SMILES string of the molecule is CC1CCCCN1CCN1CCn2c(c(C3CCCCC3)c3ccc(C(=O)O)cc32)-c2ccc(Cl)cc21. The van der Waals surface area contributed by atoms with E-state index < -0.39 is 5.97 Å². The standard InChI is InChI=1S/C31H38ClN3O2/c1-21-7-5-6-14-33(21)15-16-34-17-18-35-28-19-23(31(36)37)10-12-25(28)29(22-8-3-2-4-9-22)30(35)26-13-11-24(32)20-27(26)34/h10-13,19-22H,2-9,14-18H2,1H3,(H,36,37). The van der Waals surface area contributed by atoms with E-state index >= 15 is 0 Å². The van der Waals surface area contributed by atoms with Gasteiger partial charge in [-0.1, -0.05) is 43.4 Å². The third kappa shape index (κ3) is 4.66. The second-order valence-electron chi connectivity index (χ2n) is 11.3. The number of likely N-dealkylation sites (tertiary alicyclic amines) is 1. The number of hydrogen-bond donors (Lipinski definition) is 1. The number of aromatic nitrogens is 1. The minimum Gasteiger partial charge on any atom is -0.478 e. The highest BCUT2D eigenvalue weighted by Crippen LogP contribution is 2.47. The largest absolute Gasteiger partial charge is 0.478 e. The van der Waals surface area contributed by atoms with Crippen molar-refractivity contribution in [1.82, 2.24) is 9.47 Å². The quantitative estimate of drug-likeness (QED) is 0.381. The van der Waals surface area contributed by atoms with Gasteiger partial charge in [-0.3, -0.25) is 4.90 Å². The van der Waals surface area contributed by atoms with Crippen LogP contribution < -0.4 is 4.90 Å². The molecule has 196 valence electrons. The number of piperidine rings is 1. The van der Waals surface area contributed by atoms with Crippen molar-refractivity contribution in [2.75, 3.05) is 31.1 Å². The Morgan fingerprint density at radius 2 is 1.76 bits per heavy atom. The van der Waals surface area contributed by atoms with Crippen molar-refractivity contribution in [3.05, 3.63) is 52.5 Å². The van der Waals surface area contributed by atoms with Gasteiger partial charge in [-0.25, -0.2) is 4.79 Å². The lowest BCUT2D eigenvalue weighted by Crippen LogP contribution is -2.43. The second kappa shape index (κ2) is 10.3. The van der Waals surface area contributed by atoms with Crippen LogP contribution in [0.2, 0.25) is 5.02 Å². The molecule has 0 amide bonds. The van der Waals surface area contributed by atoms with Gasteiger partial charge in [0.2, 0.25) is 0 Å². The van der Waals surface area contributed by atoms with Crippen LogP contribution in [-0.4, -0.2) is 52.8 Å². The van der Waals surface area contributed by atoms with E-state index in [-0.39, 0.29) is 0 Å². The number of carboxylic acids is 1. The lowest BCUT2D eigenvalue weighted by Gasteiger charge is -2.35. The molecule has 3 heterocycles. The van der Waals surface area contributed by atoms with Crippen LogP contribution in [0.15, 0.2) is 36.4 Å². The fourth-order valence-corrected chi connectivity index (χ4v) is 7.28. The van der Waals surface area contributed by atoms with E-state index in [1.807, 2.05) is 12.1 Å². The summed E-state index contributed by atoms with van der Waals surface area (Å²) in [6.07, 6.45) is 10.2. The molecule has 5 nitrogen and oxygen atoms in total. The number of aromatic carboxylic acids is 1. The first-order chi connectivity index (χ1) is 18.0. The second-order valence-corrected chi connectivity index (χ2v) is 11.8. The molecule has 0 bridgehead atoms. The number of rotatable bonds is 5. The molecule has 1 saturated carbocycles. The number of benzene rings is 2.